The van der Waals surface area contributed by atoms with Crippen LogP contribution in [0.1, 0.15) is 76.7 Å². The summed E-state index contributed by atoms with van der Waals surface area (Å²) in [5.41, 5.74) is 8.25. The molecule has 1 aromatic carbocycles. The monoisotopic (exact) mass is 411 g/mol. The molecule has 30 heavy (non-hydrogen) atoms. The Morgan fingerprint density at radius 3 is 2.70 bits per heavy atom. The van der Waals surface area contributed by atoms with Crippen LogP contribution < -0.4 is 16.0 Å². The molecule has 7 nitrogen and oxygen atoms in total. The van der Waals surface area contributed by atoms with E-state index in [0.717, 1.165) is 25.1 Å². The van der Waals surface area contributed by atoms with Gasteiger partial charge in [-0.05, 0) is 44.9 Å². The Morgan fingerprint density at radius 1 is 1.20 bits per heavy atom. The summed E-state index contributed by atoms with van der Waals surface area (Å²) >= 11 is 0. The maximum atomic E-state index is 12.9. The number of fused-ring (bicyclic) bond motifs is 1. The SMILES string of the molecule is CCCCCCC(CC)c1nc(C)c2c(=O)[nH]c(-c3cc(N)ccc3OCC)nn12. The average Bonchev–Trinajstić information content (AvgIpc) is 3.06. The lowest BCUT2D eigenvalue weighted by molar-refractivity contribution is 0.341. The number of imidazole rings is 1. The van der Waals surface area contributed by atoms with E-state index >= 15 is 0 Å². The Balaban J connectivity index is 2.09. The highest BCUT2D eigenvalue weighted by Gasteiger charge is 2.21. The number of aryl methyl sites for hydroxylation is 1. The Hall–Kier alpha value is -2.83. The van der Waals surface area contributed by atoms with E-state index in [-0.39, 0.29) is 11.5 Å². The van der Waals surface area contributed by atoms with Crippen LogP contribution >= 0.6 is 0 Å². The van der Waals surface area contributed by atoms with Crippen LogP contribution in [-0.4, -0.2) is 26.2 Å². The molecule has 0 amide bonds. The van der Waals surface area contributed by atoms with Crippen molar-refractivity contribution in [2.75, 3.05) is 12.3 Å². The minimum Gasteiger partial charge on any atom is -0.493 e. The van der Waals surface area contributed by atoms with Gasteiger partial charge in [0.1, 0.15) is 11.6 Å². The zero-order valence-electron chi connectivity index (χ0n) is 18.5. The summed E-state index contributed by atoms with van der Waals surface area (Å²) in [5, 5.41) is 4.79. The maximum absolute atomic E-state index is 12.9. The third kappa shape index (κ3) is 4.50. The van der Waals surface area contributed by atoms with E-state index in [9.17, 15) is 4.79 Å². The molecule has 0 aliphatic heterocycles. The summed E-state index contributed by atoms with van der Waals surface area (Å²) in [6.45, 7) is 8.68. The van der Waals surface area contributed by atoms with Crippen LogP contribution in [0.3, 0.4) is 0 Å². The number of benzene rings is 1. The zero-order valence-corrected chi connectivity index (χ0v) is 18.5. The Kier molecular flexibility index (Phi) is 7.13. The van der Waals surface area contributed by atoms with Crippen LogP contribution in [-0.2, 0) is 0 Å². The number of nitrogens with two attached hydrogens (primary N) is 1. The predicted molar refractivity (Wildman–Crippen MR) is 121 cm³/mol. The van der Waals surface area contributed by atoms with Gasteiger partial charge in [0.2, 0.25) is 0 Å². The van der Waals surface area contributed by atoms with Gasteiger partial charge < -0.3 is 15.5 Å². The number of hydrogen-bond donors (Lipinski definition) is 2. The quantitative estimate of drug-likeness (QED) is 0.367. The molecule has 3 N–H and O–H groups in total. The minimum absolute atomic E-state index is 0.207. The number of rotatable bonds is 10. The molecule has 0 radical (unpaired) electrons. The molecule has 2 aromatic heterocycles. The molecule has 0 bridgehead atoms. The van der Waals surface area contributed by atoms with Crippen molar-refractivity contribution in [3.8, 4) is 17.1 Å². The molecule has 162 valence electrons. The van der Waals surface area contributed by atoms with Gasteiger partial charge in [-0.15, -0.1) is 5.10 Å². The lowest BCUT2D eigenvalue weighted by Crippen LogP contribution is -2.17. The summed E-state index contributed by atoms with van der Waals surface area (Å²) in [6, 6.07) is 5.36. The fourth-order valence-corrected chi connectivity index (χ4v) is 3.93. The van der Waals surface area contributed by atoms with Crippen molar-refractivity contribution in [1.82, 2.24) is 19.6 Å². The number of aromatic nitrogens is 4. The number of aromatic amines is 1. The second kappa shape index (κ2) is 9.78. The molecule has 0 saturated heterocycles. The molecular weight excluding hydrogens is 378 g/mol. The first-order valence-corrected chi connectivity index (χ1v) is 11.0. The van der Waals surface area contributed by atoms with Crippen molar-refractivity contribution in [2.45, 2.75) is 72.1 Å². The van der Waals surface area contributed by atoms with Gasteiger partial charge >= 0.3 is 0 Å². The fourth-order valence-electron chi connectivity index (χ4n) is 3.93. The minimum atomic E-state index is -0.207. The molecule has 0 aliphatic carbocycles. The Labute approximate surface area is 177 Å². The number of H-pyrrole nitrogens is 1. The van der Waals surface area contributed by atoms with Crippen LogP contribution in [0.5, 0.6) is 5.75 Å². The molecule has 0 saturated carbocycles. The second-order valence-corrected chi connectivity index (χ2v) is 7.76. The number of anilines is 1. The van der Waals surface area contributed by atoms with Crippen LogP contribution in [0, 0.1) is 6.92 Å². The first-order valence-electron chi connectivity index (χ1n) is 11.0. The van der Waals surface area contributed by atoms with Crippen molar-refractivity contribution in [3.05, 3.63) is 40.1 Å². The Bertz CT molecular complexity index is 1050. The normalized spacial score (nSPS) is 12.4. The summed E-state index contributed by atoms with van der Waals surface area (Å²) in [7, 11) is 0. The summed E-state index contributed by atoms with van der Waals surface area (Å²) in [6.07, 6.45) is 6.83. The van der Waals surface area contributed by atoms with Crippen molar-refractivity contribution in [3.63, 3.8) is 0 Å². The molecule has 0 fully saturated rings. The second-order valence-electron chi connectivity index (χ2n) is 7.76. The molecule has 0 aliphatic rings. The number of nitrogen functional groups attached to an aromatic ring is 1. The van der Waals surface area contributed by atoms with Crippen molar-refractivity contribution < 1.29 is 4.74 Å². The summed E-state index contributed by atoms with van der Waals surface area (Å²) < 4.78 is 7.47. The maximum Gasteiger partial charge on any atom is 0.277 e. The van der Waals surface area contributed by atoms with Crippen LogP contribution in [0.15, 0.2) is 23.0 Å². The highest BCUT2D eigenvalue weighted by Crippen LogP contribution is 2.31. The van der Waals surface area contributed by atoms with E-state index in [1.807, 2.05) is 13.8 Å². The number of nitrogens with zero attached hydrogens (tertiary/aromatic N) is 3. The van der Waals surface area contributed by atoms with E-state index in [2.05, 4.69) is 18.8 Å². The standard InChI is InChI=1S/C23H33N5O2/c1-5-8-9-10-11-16(6-2)22-25-15(4)20-23(29)26-21(27-28(20)22)18-14-17(24)12-13-19(18)30-7-3/h12-14,16H,5-11,24H2,1-4H3,(H,26,27,29). The predicted octanol–water partition coefficient (Wildman–Crippen LogP) is 4.84. The van der Waals surface area contributed by atoms with Crippen molar-refractivity contribution in [1.29, 1.82) is 0 Å². The van der Waals surface area contributed by atoms with Gasteiger partial charge in [-0.25, -0.2) is 9.50 Å². The van der Waals surface area contributed by atoms with Gasteiger partial charge in [-0.2, -0.15) is 0 Å². The lowest BCUT2D eigenvalue weighted by atomic mass is 9.97. The van der Waals surface area contributed by atoms with Crippen LogP contribution in [0.4, 0.5) is 5.69 Å². The highest BCUT2D eigenvalue weighted by atomic mass is 16.5. The van der Waals surface area contributed by atoms with E-state index in [4.69, 9.17) is 20.6 Å². The number of hydrogen-bond acceptors (Lipinski definition) is 5. The van der Waals surface area contributed by atoms with Crippen molar-refractivity contribution in [2.24, 2.45) is 0 Å². The molecule has 3 aromatic rings. The van der Waals surface area contributed by atoms with Crippen molar-refractivity contribution >= 4 is 11.2 Å². The largest absolute Gasteiger partial charge is 0.493 e. The summed E-state index contributed by atoms with van der Waals surface area (Å²) in [5.74, 6) is 2.19. The average molecular weight is 412 g/mol. The summed E-state index contributed by atoms with van der Waals surface area (Å²) in [4.78, 5) is 20.6. The van der Waals surface area contributed by atoms with E-state index in [1.165, 1.54) is 19.3 Å². The first kappa shape index (κ1) is 21.9. The smallest absolute Gasteiger partial charge is 0.277 e. The number of unbranched alkanes of at least 4 members (excludes halogenated alkanes) is 3. The van der Waals surface area contributed by atoms with E-state index in [1.54, 1.807) is 22.7 Å². The highest BCUT2D eigenvalue weighted by molar-refractivity contribution is 5.69. The molecular formula is C23H33N5O2. The molecule has 1 atom stereocenters. The van der Waals surface area contributed by atoms with Gasteiger partial charge in [-0.3, -0.25) is 4.79 Å². The topological polar surface area (TPSA) is 98.3 Å². The van der Waals surface area contributed by atoms with Gasteiger partial charge in [0.15, 0.2) is 11.3 Å². The third-order valence-corrected chi connectivity index (χ3v) is 5.52. The zero-order chi connectivity index (χ0) is 21.7. The first-order chi connectivity index (χ1) is 14.5. The fraction of sp³-hybridized carbons (Fsp3) is 0.522. The van der Waals surface area contributed by atoms with Gasteiger partial charge in [0.05, 0.1) is 17.9 Å². The lowest BCUT2D eigenvalue weighted by Gasteiger charge is -2.14. The van der Waals surface area contributed by atoms with E-state index in [0.29, 0.717) is 40.6 Å². The Morgan fingerprint density at radius 2 is 2.00 bits per heavy atom. The van der Waals surface area contributed by atoms with Gasteiger partial charge in [0.25, 0.3) is 5.56 Å². The van der Waals surface area contributed by atoms with Crippen LogP contribution in [0.25, 0.3) is 16.9 Å². The molecule has 7 heteroatoms. The van der Waals surface area contributed by atoms with Gasteiger partial charge in [0, 0.05) is 11.6 Å². The van der Waals surface area contributed by atoms with Gasteiger partial charge in [-0.1, -0.05) is 39.5 Å². The van der Waals surface area contributed by atoms with Crippen LogP contribution in [0.2, 0.25) is 0 Å². The molecule has 0 spiro atoms. The number of nitrogens with one attached hydrogen (secondary N) is 1. The van der Waals surface area contributed by atoms with E-state index < -0.39 is 0 Å². The number of ether oxygens (including phenoxy) is 1. The molecule has 1 unspecified atom stereocenters. The molecule has 3 rings (SSSR count). The molecule has 2 heterocycles. The third-order valence-electron chi connectivity index (χ3n) is 5.52.